The summed E-state index contributed by atoms with van der Waals surface area (Å²) in [5.41, 5.74) is 2.61. The van der Waals surface area contributed by atoms with Gasteiger partial charge in [-0.2, -0.15) is 5.26 Å². The highest BCUT2D eigenvalue weighted by Gasteiger charge is 2.25. The molecule has 0 bridgehead atoms. The second kappa shape index (κ2) is 7.93. The van der Waals surface area contributed by atoms with Crippen LogP contribution >= 0.6 is 11.6 Å². The van der Waals surface area contributed by atoms with Crippen molar-refractivity contribution in [2.45, 2.75) is 0 Å². The van der Waals surface area contributed by atoms with Gasteiger partial charge in [0.25, 0.3) is 0 Å². The van der Waals surface area contributed by atoms with E-state index in [9.17, 15) is 5.26 Å². The van der Waals surface area contributed by atoms with Crippen LogP contribution in [0.4, 0.5) is 5.82 Å². The molecule has 3 heterocycles. The second-order valence-corrected chi connectivity index (χ2v) is 7.31. The van der Waals surface area contributed by atoms with Crippen molar-refractivity contribution in [1.29, 1.82) is 5.26 Å². The molecular weight excluding hydrogens is 372 g/mol. The van der Waals surface area contributed by atoms with Crippen LogP contribution in [0.15, 0.2) is 48.7 Å². The number of nitriles is 1. The lowest BCUT2D eigenvalue weighted by Crippen LogP contribution is -3.12. The molecule has 0 unspecified atom stereocenters. The van der Waals surface area contributed by atoms with Gasteiger partial charge >= 0.3 is 0 Å². The molecule has 140 valence electrons. The standard InChI is InChI=1S/C21H19ClN6/c1-27-10-12-28(13-11-27)21-17(14-23)19(15-5-7-16(22)8-6-15)25-20(26-21)18-4-2-3-9-24-18/h2-9H,10-13H2,1H3/p+1. The molecule has 6 nitrogen and oxygen atoms in total. The van der Waals surface area contributed by atoms with Crippen molar-refractivity contribution in [3.8, 4) is 28.8 Å². The van der Waals surface area contributed by atoms with Crippen LogP contribution in [0.5, 0.6) is 0 Å². The van der Waals surface area contributed by atoms with E-state index in [0.717, 1.165) is 31.7 Å². The molecule has 0 spiro atoms. The Morgan fingerprint density at radius 2 is 1.82 bits per heavy atom. The second-order valence-electron chi connectivity index (χ2n) is 6.87. The lowest BCUT2D eigenvalue weighted by atomic mass is 10.1. The Kier molecular flexibility index (Phi) is 5.20. The van der Waals surface area contributed by atoms with E-state index in [1.807, 2.05) is 30.3 Å². The summed E-state index contributed by atoms with van der Waals surface area (Å²) >= 11 is 6.05. The number of rotatable bonds is 3. The number of hydrogen-bond acceptors (Lipinski definition) is 5. The lowest BCUT2D eigenvalue weighted by molar-refractivity contribution is -0.880. The van der Waals surface area contributed by atoms with E-state index < -0.39 is 0 Å². The van der Waals surface area contributed by atoms with E-state index >= 15 is 0 Å². The zero-order valence-electron chi connectivity index (χ0n) is 15.6. The molecule has 1 saturated heterocycles. The summed E-state index contributed by atoms with van der Waals surface area (Å²) in [6.07, 6.45) is 1.72. The van der Waals surface area contributed by atoms with Crippen molar-refractivity contribution in [3.63, 3.8) is 0 Å². The number of piperazine rings is 1. The van der Waals surface area contributed by atoms with Crippen molar-refractivity contribution in [3.05, 3.63) is 59.2 Å². The van der Waals surface area contributed by atoms with Crippen LogP contribution in [0.1, 0.15) is 5.56 Å². The molecular formula is C21H20ClN6+. The number of nitrogens with one attached hydrogen (secondary N) is 1. The monoisotopic (exact) mass is 391 g/mol. The predicted molar refractivity (Wildman–Crippen MR) is 109 cm³/mol. The van der Waals surface area contributed by atoms with Crippen molar-refractivity contribution < 1.29 is 4.90 Å². The molecule has 2 aromatic heterocycles. The maximum atomic E-state index is 9.96. The summed E-state index contributed by atoms with van der Waals surface area (Å²) < 4.78 is 0. The zero-order valence-corrected chi connectivity index (χ0v) is 16.3. The molecule has 1 aliphatic heterocycles. The van der Waals surface area contributed by atoms with Gasteiger partial charge in [0.1, 0.15) is 17.3 Å². The Bertz CT molecular complexity index is 1010. The molecule has 28 heavy (non-hydrogen) atoms. The molecule has 1 N–H and O–H groups in total. The van der Waals surface area contributed by atoms with E-state index in [1.165, 1.54) is 4.90 Å². The third kappa shape index (κ3) is 3.68. The third-order valence-corrected chi connectivity index (χ3v) is 5.18. The highest BCUT2D eigenvalue weighted by atomic mass is 35.5. The average Bonchev–Trinajstić information content (AvgIpc) is 2.74. The minimum absolute atomic E-state index is 0.488. The molecule has 0 saturated carbocycles. The molecule has 1 aliphatic rings. The maximum Gasteiger partial charge on any atom is 0.180 e. The SMILES string of the molecule is C[NH+]1CCN(c2nc(-c3ccccn3)nc(-c3ccc(Cl)cc3)c2C#N)CC1. The molecule has 0 atom stereocenters. The number of nitrogens with zero attached hydrogens (tertiary/aromatic N) is 5. The number of benzene rings is 1. The van der Waals surface area contributed by atoms with Gasteiger partial charge in [0.2, 0.25) is 0 Å². The first-order chi connectivity index (χ1) is 13.7. The summed E-state index contributed by atoms with van der Waals surface area (Å²) in [7, 11) is 2.18. The Labute approximate surface area is 169 Å². The van der Waals surface area contributed by atoms with Crippen LogP contribution < -0.4 is 9.80 Å². The fraction of sp³-hybridized carbons (Fsp3) is 0.238. The smallest absolute Gasteiger partial charge is 0.180 e. The topological polar surface area (TPSA) is 70.1 Å². The van der Waals surface area contributed by atoms with E-state index in [2.05, 4.69) is 23.0 Å². The van der Waals surface area contributed by atoms with E-state index in [1.54, 1.807) is 18.3 Å². The van der Waals surface area contributed by atoms with Gasteiger partial charge < -0.3 is 9.80 Å². The van der Waals surface area contributed by atoms with Gasteiger partial charge in [0.05, 0.1) is 38.9 Å². The first kappa shape index (κ1) is 18.4. The van der Waals surface area contributed by atoms with Crippen molar-refractivity contribution >= 4 is 17.4 Å². The fourth-order valence-corrected chi connectivity index (χ4v) is 3.43. The van der Waals surface area contributed by atoms with Gasteiger partial charge in [-0.3, -0.25) is 4.98 Å². The molecule has 0 radical (unpaired) electrons. The Morgan fingerprint density at radius 1 is 1.07 bits per heavy atom. The number of quaternary nitrogens is 1. The number of aromatic nitrogens is 3. The van der Waals surface area contributed by atoms with E-state index in [4.69, 9.17) is 21.6 Å². The minimum Gasteiger partial charge on any atom is -0.344 e. The molecule has 0 amide bonds. The van der Waals surface area contributed by atoms with Crippen molar-refractivity contribution in [1.82, 2.24) is 15.0 Å². The summed E-state index contributed by atoms with van der Waals surface area (Å²) in [5, 5.41) is 10.6. The van der Waals surface area contributed by atoms with Crippen LogP contribution in [0.2, 0.25) is 5.02 Å². The van der Waals surface area contributed by atoms with E-state index in [0.29, 0.717) is 33.6 Å². The summed E-state index contributed by atoms with van der Waals surface area (Å²) in [4.78, 5) is 17.5. The Hall–Kier alpha value is -3.01. The van der Waals surface area contributed by atoms with Crippen molar-refractivity contribution in [2.24, 2.45) is 0 Å². The highest BCUT2D eigenvalue weighted by molar-refractivity contribution is 6.30. The predicted octanol–water partition coefficient (Wildman–Crippen LogP) is 2.07. The number of hydrogen-bond donors (Lipinski definition) is 1. The largest absolute Gasteiger partial charge is 0.344 e. The molecule has 0 aliphatic carbocycles. The average molecular weight is 392 g/mol. The number of likely N-dealkylation sites (N-methyl/N-ethyl adjacent to an activating group) is 1. The number of pyridine rings is 1. The first-order valence-electron chi connectivity index (χ1n) is 9.21. The minimum atomic E-state index is 0.488. The van der Waals surface area contributed by atoms with Gasteiger partial charge in [0.15, 0.2) is 11.6 Å². The molecule has 7 heteroatoms. The Balaban J connectivity index is 1.90. The van der Waals surface area contributed by atoms with Gasteiger partial charge in [-0.25, -0.2) is 9.97 Å². The quantitative estimate of drug-likeness (QED) is 0.740. The summed E-state index contributed by atoms with van der Waals surface area (Å²) in [6.45, 7) is 3.70. The Morgan fingerprint density at radius 3 is 2.46 bits per heavy atom. The highest BCUT2D eigenvalue weighted by Crippen LogP contribution is 2.31. The maximum absolute atomic E-state index is 9.96. The van der Waals surface area contributed by atoms with Crippen LogP contribution in [-0.2, 0) is 0 Å². The normalized spacial score (nSPS) is 14.7. The van der Waals surface area contributed by atoms with Gasteiger partial charge in [-0.15, -0.1) is 0 Å². The van der Waals surface area contributed by atoms with Gasteiger partial charge in [-0.05, 0) is 24.3 Å². The number of halogens is 1. The van der Waals surface area contributed by atoms with Crippen molar-refractivity contribution in [2.75, 3.05) is 38.1 Å². The fourth-order valence-electron chi connectivity index (χ4n) is 3.31. The first-order valence-corrected chi connectivity index (χ1v) is 9.59. The molecule has 1 aromatic carbocycles. The number of anilines is 1. The third-order valence-electron chi connectivity index (χ3n) is 4.93. The summed E-state index contributed by atoms with van der Waals surface area (Å²) in [5.74, 6) is 1.20. The molecule has 1 fully saturated rings. The van der Waals surface area contributed by atoms with Gasteiger partial charge in [0, 0.05) is 16.8 Å². The van der Waals surface area contributed by atoms with E-state index in [-0.39, 0.29) is 0 Å². The van der Waals surface area contributed by atoms with Crippen LogP contribution in [-0.4, -0.2) is 48.2 Å². The van der Waals surface area contributed by atoms with Crippen LogP contribution in [0.25, 0.3) is 22.8 Å². The van der Waals surface area contributed by atoms with Gasteiger partial charge in [-0.1, -0.05) is 29.8 Å². The molecule has 3 aromatic rings. The molecule has 4 rings (SSSR count). The van der Waals surface area contributed by atoms with Crippen LogP contribution in [0.3, 0.4) is 0 Å². The lowest BCUT2D eigenvalue weighted by Gasteiger charge is -2.31. The summed E-state index contributed by atoms with van der Waals surface area (Å²) in [6, 6.07) is 15.4. The zero-order chi connectivity index (χ0) is 19.5. The van der Waals surface area contributed by atoms with Crippen LogP contribution in [0, 0.1) is 11.3 Å².